The molecule has 0 aliphatic rings. The Morgan fingerprint density at radius 3 is 2.40 bits per heavy atom. The number of esters is 1. The number of rotatable bonds is 6. The van der Waals surface area contributed by atoms with E-state index in [1.165, 1.54) is 24.3 Å². The molecule has 2 rings (SSSR count). The van der Waals surface area contributed by atoms with E-state index in [1.54, 1.807) is 38.1 Å². The van der Waals surface area contributed by atoms with Gasteiger partial charge in [0.05, 0.1) is 16.7 Å². The Bertz CT molecular complexity index is 853. The smallest absolute Gasteiger partial charge is 0.327 e. The van der Waals surface area contributed by atoms with Crippen molar-refractivity contribution in [3.63, 3.8) is 0 Å². The molecule has 134 valence electrons. The van der Waals surface area contributed by atoms with Crippen LogP contribution in [0.5, 0.6) is 0 Å². The Labute approximate surface area is 160 Å². The first kappa shape index (κ1) is 19.8. The summed E-state index contributed by atoms with van der Waals surface area (Å²) in [6.07, 6.45) is -0.338. The van der Waals surface area contributed by atoms with Crippen LogP contribution in [0.2, 0.25) is 5.02 Å². The first-order chi connectivity index (χ1) is 11.7. The molecule has 0 amide bonds. The van der Waals surface area contributed by atoms with Crippen LogP contribution in [-0.4, -0.2) is 27.0 Å². The van der Waals surface area contributed by atoms with Crippen molar-refractivity contribution in [1.82, 2.24) is 0 Å². The largest absolute Gasteiger partial charge is 0.462 e. The van der Waals surface area contributed by atoms with E-state index < -0.39 is 22.5 Å². The van der Waals surface area contributed by atoms with Crippen molar-refractivity contribution in [2.45, 2.75) is 24.8 Å². The summed E-state index contributed by atoms with van der Waals surface area (Å²) in [7, 11) is -3.97. The van der Waals surface area contributed by atoms with Gasteiger partial charge in [-0.3, -0.25) is 9.10 Å². The average molecular weight is 447 g/mol. The van der Waals surface area contributed by atoms with Crippen molar-refractivity contribution in [2.24, 2.45) is 0 Å². The number of carbonyl (C=O) groups excluding carboxylic acids is 1. The van der Waals surface area contributed by atoms with Crippen LogP contribution in [0, 0.1) is 0 Å². The fourth-order valence-electron chi connectivity index (χ4n) is 2.10. The molecule has 0 saturated heterocycles. The molecule has 0 aliphatic carbocycles. The molecule has 2 aromatic carbocycles. The minimum Gasteiger partial charge on any atom is -0.462 e. The quantitative estimate of drug-likeness (QED) is 0.622. The molecule has 0 bridgehead atoms. The number of carbonyl (C=O) groups is 1. The third-order valence-electron chi connectivity index (χ3n) is 3.14. The van der Waals surface area contributed by atoms with Gasteiger partial charge in [0, 0.05) is 9.50 Å². The molecular formula is C17H17BrClNO4S. The van der Waals surface area contributed by atoms with E-state index in [9.17, 15) is 13.2 Å². The van der Waals surface area contributed by atoms with Gasteiger partial charge in [0.2, 0.25) is 0 Å². The lowest BCUT2D eigenvalue weighted by Crippen LogP contribution is -2.37. The van der Waals surface area contributed by atoms with Crippen LogP contribution in [0.4, 0.5) is 5.69 Å². The van der Waals surface area contributed by atoms with Crippen LogP contribution >= 0.6 is 27.5 Å². The second-order valence-electron chi connectivity index (χ2n) is 5.48. The molecular weight excluding hydrogens is 430 g/mol. The predicted molar refractivity (Wildman–Crippen MR) is 101 cm³/mol. The second kappa shape index (κ2) is 8.21. The summed E-state index contributed by atoms with van der Waals surface area (Å²) in [5.74, 6) is -0.632. The summed E-state index contributed by atoms with van der Waals surface area (Å²) < 4.78 is 32.9. The third-order valence-corrected chi connectivity index (χ3v) is 5.67. The maximum Gasteiger partial charge on any atom is 0.327 e. The lowest BCUT2D eigenvalue weighted by Gasteiger charge is -2.24. The van der Waals surface area contributed by atoms with Gasteiger partial charge >= 0.3 is 5.97 Å². The molecule has 0 fully saturated rings. The zero-order valence-electron chi connectivity index (χ0n) is 13.6. The summed E-state index contributed by atoms with van der Waals surface area (Å²) in [6, 6.07) is 12.5. The molecule has 0 heterocycles. The first-order valence-corrected chi connectivity index (χ1v) is 10.0. The topological polar surface area (TPSA) is 63.7 Å². The number of ether oxygens (including phenoxy) is 1. The van der Waals surface area contributed by atoms with E-state index in [4.69, 9.17) is 16.3 Å². The van der Waals surface area contributed by atoms with E-state index in [-0.39, 0.29) is 11.0 Å². The van der Waals surface area contributed by atoms with E-state index >= 15 is 0 Å². The fourth-order valence-corrected chi connectivity index (χ4v) is 4.01. The number of halogens is 2. The van der Waals surface area contributed by atoms with Gasteiger partial charge in [-0.1, -0.05) is 33.6 Å². The number of anilines is 1. The maximum atomic E-state index is 13.0. The Kier molecular flexibility index (Phi) is 6.48. The highest BCUT2D eigenvalue weighted by Crippen LogP contribution is 2.27. The number of benzene rings is 2. The van der Waals surface area contributed by atoms with E-state index in [2.05, 4.69) is 15.9 Å². The molecule has 8 heteroatoms. The lowest BCUT2D eigenvalue weighted by atomic mass is 10.3. The molecule has 0 aliphatic heterocycles. The van der Waals surface area contributed by atoms with E-state index in [0.717, 1.165) is 4.31 Å². The molecule has 0 aromatic heterocycles. The Balaban J connectivity index is 2.46. The summed E-state index contributed by atoms with van der Waals surface area (Å²) in [4.78, 5) is 12.1. The zero-order chi connectivity index (χ0) is 18.6. The predicted octanol–water partition coefficient (Wildman–Crippen LogP) is 4.25. The van der Waals surface area contributed by atoms with Crippen LogP contribution in [0.3, 0.4) is 0 Å². The Morgan fingerprint density at radius 2 is 1.84 bits per heavy atom. The van der Waals surface area contributed by atoms with Crippen LogP contribution in [0.1, 0.15) is 13.8 Å². The van der Waals surface area contributed by atoms with Gasteiger partial charge in [-0.2, -0.15) is 0 Å². The van der Waals surface area contributed by atoms with E-state index in [1.807, 2.05) is 0 Å². The van der Waals surface area contributed by atoms with Crippen LogP contribution in [0.15, 0.2) is 57.9 Å². The molecule has 0 unspecified atom stereocenters. The van der Waals surface area contributed by atoms with Gasteiger partial charge in [-0.15, -0.1) is 0 Å². The average Bonchev–Trinajstić information content (AvgIpc) is 2.52. The normalized spacial score (nSPS) is 11.4. The summed E-state index contributed by atoms with van der Waals surface area (Å²) >= 11 is 9.15. The number of hydrogen-bond donors (Lipinski definition) is 0. The Hall–Kier alpha value is -1.57. The minimum absolute atomic E-state index is 0.0363. The molecule has 0 radical (unpaired) electrons. The number of nitrogens with zero attached hydrogens (tertiary/aromatic N) is 1. The van der Waals surface area contributed by atoms with Crippen molar-refractivity contribution < 1.29 is 17.9 Å². The molecule has 0 atom stereocenters. The van der Waals surface area contributed by atoms with Crippen molar-refractivity contribution in [3.8, 4) is 0 Å². The van der Waals surface area contributed by atoms with Crippen molar-refractivity contribution in [3.05, 3.63) is 58.0 Å². The zero-order valence-corrected chi connectivity index (χ0v) is 16.8. The van der Waals surface area contributed by atoms with Gasteiger partial charge in [0.1, 0.15) is 6.54 Å². The fraction of sp³-hybridized carbons (Fsp3) is 0.235. The summed E-state index contributed by atoms with van der Waals surface area (Å²) in [6.45, 7) is 2.98. The van der Waals surface area contributed by atoms with Gasteiger partial charge in [0.15, 0.2) is 0 Å². The van der Waals surface area contributed by atoms with E-state index in [0.29, 0.717) is 15.2 Å². The lowest BCUT2D eigenvalue weighted by molar-refractivity contribution is -0.145. The van der Waals surface area contributed by atoms with Crippen LogP contribution in [0.25, 0.3) is 0 Å². The summed E-state index contributed by atoms with van der Waals surface area (Å²) in [5.41, 5.74) is 0.352. The highest BCUT2D eigenvalue weighted by Gasteiger charge is 2.28. The van der Waals surface area contributed by atoms with Crippen molar-refractivity contribution in [1.29, 1.82) is 0 Å². The number of hydrogen-bond acceptors (Lipinski definition) is 4. The van der Waals surface area contributed by atoms with Gasteiger partial charge < -0.3 is 4.74 Å². The molecule has 2 aromatic rings. The van der Waals surface area contributed by atoms with Gasteiger partial charge in [-0.25, -0.2) is 8.42 Å². The van der Waals surface area contributed by atoms with Gasteiger partial charge in [0.25, 0.3) is 10.0 Å². The van der Waals surface area contributed by atoms with Crippen molar-refractivity contribution in [2.75, 3.05) is 10.8 Å². The molecule has 0 N–H and O–H groups in total. The Morgan fingerprint density at radius 1 is 1.20 bits per heavy atom. The molecule has 25 heavy (non-hydrogen) atoms. The third kappa shape index (κ3) is 5.20. The second-order valence-corrected chi connectivity index (χ2v) is 8.70. The molecule has 5 nitrogen and oxygen atoms in total. The number of sulfonamides is 1. The highest BCUT2D eigenvalue weighted by molar-refractivity contribution is 9.10. The highest BCUT2D eigenvalue weighted by atomic mass is 79.9. The molecule has 0 saturated carbocycles. The minimum atomic E-state index is -3.97. The SMILES string of the molecule is CC(C)OC(=O)CN(c1cccc(Br)c1)S(=O)(=O)c1ccc(Cl)cc1. The van der Waals surface area contributed by atoms with Gasteiger partial charge in [-0.05, 0) is 56.3 Å². The standard InChI is InChI=1S/C17H17BrClNO4S/c1-12(2)24-17(21)11-20(15-5-3-4-13(18)10-15)25(22,23)16-8-6-14(19)7-9-16/h3-10,12H,11H2,1-2H3. The first-order valence-electron chi connectivity index (χ1n) is 7.43. The molecule has 0 spiro atoms. The van der Waals surface area contributed by atoms with Crippen molar-refractivity contribution >= 4 is 49.2 Å². The summed E-state index contributed by atoms with van der Waals surface area (Å²) in [5, 5.41) is 0.423. The van der Waals surface area contributed by atoms with Crippen LogP contribution in [-0.2, 0) is 19.6 Å². The van der Waals surface area contributed by atoms with Crippen LogP contribution < -0.4 is 4.31 Å². The monoisotopic (exact) mass is 445 g/mol. The maximum absolute atomic E-state index is 13.0.